The van der Waals surface area contributed by atoms with Gasteiger partial charge in [-0.3, -0.25) is 0 Å². The number of nitrogens with one attached hydrogen (secondary N) is 1. The first kappa shape index (κ1) is 13.0. The smallest absolute Gasteiger partial charge is 0.0579 e. The Morgan fingerprint density at radius 3 is 2.60 bits per heavy atom. The highest BCUT2D eigenvalue weighted by molar-refractivity contribution is 4.80. The van der Waals surface area contributed by atoms with Crippen LogP contribution >= 0.6 is 0 Å². The zero-order chi connectivity index (χ0) is 11.3. The van der Waals surface area contributed by atoms with Gasteiger partial charge in [0, 0.05) is 6.61 Å². The molecule has 2 atom stereocenters. The maximum Gasteiger partial charge on any atom is 0.0579 e. The third kappa shape index (κ3) is 4.52. The van der Waals surface area contributed by atoms with Gasteiger partial charge in [0.05, 0.1) is 6.10 Å². The zero-order valence-electron chi connectivity index (χ0n) is 10.8. The second kappa shape index (κ2) is 5.86. The summed E-state index contributed by atoms with van der Waals surface area (Å²) in [4.78, 5) is 0. The highest BCUT2D eigenvalue weighted by Crippen LogP contribution is 2.32. The summed E-state index contributed by atoms with van der Waals surface area (Å²) in [5.41, 5.74) is 0.383. The first-order valence-electron chi connectivity index (χ1n) is 6.36. The van der Waals surface area contributed by atoms with E-state index in [0.29, 0.717) is 11.5 Å². The molecule has 0 bridgehead atoms. The molecule has 0 aliphatic carbocycles. The van der Waals surface area contributed by atoms with Crippen molar-refractivity contribution in [2.24, 2.45) is 11.3 Å². The van der Waals surface area contributed by atoms with E-state index < -0.39 is 0 Å². The van der Waals surface area contributed by atoms with E-state index in [9.17, 15) is 0 Å². The van der Waals surface area contributed by atoms with E-state index in [1.807, 2.05) is 0 Å². The number of ether oxygens (including phenoxy) is 1. The van der Waals surface area contributed by atoms with Gasteiger partial charge < -0.3 is 10.1 Å². The van der Waals surface area contributed by atoms with Crippen LogP contribution in [0.2, 0.25) is 0 Å². The molecular weight excluding hydrogens is 186 g/mol. The molecule has 2 heteroatoms. The van der Waals surface area contributed by atoms with Gasteiger partial charge in [-0.05, 0) is 43.7 Å². The van der Waals surface area contributed by atoms with Crippen LogP contribution in [0.15, 0.2) is 0 Å². The van der Waals surface area contributed by atoms with Crippen LogP contribution in [-0.2, 0) is 4.74 Å². The monoisotopic (exact) mass is 213 g/mol. The zero-order valence-corrected chi connectivity index (χ0v) is 10.8. The fraction of sp³-hybridized carbons (Fsp3) is 1.00. The van der Waals surface area contributed by atoms with Gasteiger partial charge in [-0.2, -0.15) is 0 Å². The van der Waals surface area contributed by atoms with Crippen LogP contribution in [0.25, 0.3) is 0 Å². The maximum atomic E-state index is 5.73. The molecule has 15 heavy (non-hydrogen) atoms. The van der Waals surface area contributed by atoms with Gasteiger partial charge in [0.1, 0.15) is 0 Å². The van der Waals surface area contributed by atoms with Crippen LogP contribution in [0.1, 0.15) is 47.0 Å². The van der Waals surface area contributed by atoms with Crippen molar-refractivity contribution in [2.75, 3.05) is 19.7 Å². The van der Waals surface area contributed by atoms with E-state index in [4.69, 9.17) is 4.74 Å². The third-order valence-electron chi connectivity index (χ3n) is 3.44. The van der Waals surface area contributed by atoms with Gasteiger partial charge in [-0.25, -0.2) is 0 Å². The van der Waals surface area contributed by atoms with Crippen molar-refractivity contribution in [1.82, 2.24) is 5.32 Å². The summed E-state index contributed by atoms with van der Waals surface area (Å²) in [5.74, 6) is 0.723. The van der Waals surface area contributed by atoms with Gasteiger partial charge in [0.2, 0.25) is 0 Å². The average molecular weight is 213 g/mol. The molecule has 0 amide bonds. The predicted molar refractivity (Wildman–Crippen MR) is 65.1 cm³/mol. The Balaban J connectivity index is 2.40. The Hall–Kier alpha value is -0.0800. The summed E-state index contributed by atoms with van der Waals surface area (Å²) < 4.78 is 5.73. The molecule has 1 fully saturated rings. The first-order chi connectivity index (χ1) is 7.04. The molecule has 2 unspecified atom stereocenters. The SMILES string of the molecule is CCNCC(CC1CCCO1)C(C)(C)C. The van der Waals surface area contributed by atoms with Crippen LogP contribution in [0.5, 0.6) is 0 Å². The molecule has 0 saturated carbocycles. The predicted octanol–water partition coefficient (Wildman–Crippen LogP) is 2.83. The van der Waals surface area contributed by atoms with Crippen molar-refractivity contribution in [3.05, 3.63) is 0 Å². The largest absolute Gasteiger partial charge is 0.378 e. The standard InChI is InChI=1S/C13H27NO/c1-5-14-10-11(13(2,3)4)9-12-7-6-8-15-12/h11-12,14H,5-10H2,1-4H3. The van der Waals surface area contributed by atoms with Gasteiger partial charge >= 0.3 is 0 Å². The average Bonchev–Trinajstić information content (AvgIpc) is 2.62. The molecule has 0 aromatic rings. The maximum absolute atomic E-state index is 5.73. The van der Waals surface area contributed by atoms with Crippen LogP contribution in [0.4, 0.5) is 0 Å². The lowest BCUT2D eigenvalue weighted by molar-refractivity contribution is 0.0665. The van der Waals surface area contributed by atoms with E-state index in [1.165, 1.54) is 19.3 Å². The Labute approximate surface area is 94.8 Å². The van der Waals surface area contributed by atoms with Crippen molar-refractivity contribution in [1.29, 1.82) is 0 Å². The minimum Gasteiger partial charge on any atom is -0.378 e. The molecule has 1 rings (SSSR count). The molecule has 2 nitrogen and oxygen atoms in total. The lowest BCUT2D eigenvalue weighted by atomic mass is 9.77. The summed E-state index contributed by atoms with van der Waals surface area (Å²) >= 11 is 0. The summed E-state index contributed by atoms with van der Waals surface area (Å²) in [6.07, 6.45) is 4.26. The van der Waals surface area contributed by atoms with Gasteiger partial charge in [0.15, 0.2) is 0 Å². The third-order valence-corrected chi connectivity index (χ3v) is 3.44. The Bertz CT molecular complexity index is 168. The molecule has 0 aromatic heterocycles. The van der Waals surface area contributed by atoms with E-state index in [-0.39, 0.29) is 0 Å². The van der Waals surface area contributed by atoms with Crippen molar-refractivity contribution >= 4 is 0 Å². The van der Waals surface area contributed by atoms with Gasteiger partial charge in [0.25, 0.3) is 0 Å². The van der Waals surface area contributed by atoms with Crippen molar-refractivity contribution in [2.45, 2.75) is 53.1 Å². The van der Waals surface area contributed by atoms with E-state index >= 15 is 0 Å². The molecule has 1 heterocycles. The molecule has 1 aliphatic rings. The summed E-state index contributed by atoms with van der Waals surface area (Å²) in [6, 6.07) is 0. The summed E-state index contributed by atoms with van der Waals surface area (Å²) in [6.45, 7) is 12.4. The second-order valence-electron chi connectivity index (χ2n) is 5.74. The van der Waals surface area contributed by atoms with Gasteiger partial charge in [-0.1, -0.05) is 27.7 Å². The molecule has 1 saturated heterocycles. The topological polar surface area (TPSA) is 21.3 Å². The number of rotatable bonds is 5. The van der Waals surface area contributed by atoms with Crippen molar-refractivity contribution < 1.29 is 4.74 Å². The number of hydrogen-bond donors (Lipinski definition) is 1. The van der Waals surface area contributed by atoms with Crippen LogP contribution in [0, 0.1) is 11.3 Å². The first-order valence-corrected chi connectivity index (χ1v) is 6.36. The van der Waals surface area contributed by atoms with Crippen LogP contribution < -0.4 is 5.32 Å². The van der Waals surface area contributed by atoms with E-state index in [0.717, 1.165) is 25.6 Å². The lowest BCUT2D eigenvalue weighted by Crippen LogP contribution is -2.34. The minimum atomic E-state index is 0.383. The quantitative estimate of drug-likeness (QED) is 0.758. The molecule has 90 valence electrons. The fourth-order valence-electron chi connectivity index (χ4n) is 2.21. The molecule has 1 N–H and O–H groups in total. The lowest BCUT2D eigenvalue weighted by Gasteiger charge is -2.32. The Kier molecular flexibility index (Phi) is 5.07. The Morgan fingerprint density at radius 1 is 1.40 bits per heavy atom. The molecule has 1 aliphatic heterocycles. The summed E-state index contributed by atoms with van der Waals surface area (Å²) in [7, 11) is 0. The van der Waals surface area contributed by atoms with Gasteiger partial charge in [-0.15, -0.1) is 0 Å². The van der Waals surface area contributed by atoms with E-state index in [1.54, 1.807) is 0 Å². The molecular formula is C13H27NO. The minimum absolute atomic E-state index is 0.383. The molecule has 0 aromatic carbocycles. The van der Waals surface area contributed by atoms with Crippen LogP contribution in [0.3, 0.4) is 0 Å². The normalized spacial score (nSPS) is 24.4. The van der Waals surface area contributed by atoms with Crippen molar-refractivity contribution in [3.63, 3.8) is 0 Å². The highest BCUT2D eigenvalue weighted by atomic mass is 16.5. The number of hydrogen-bond acceptors (Lipinski definition) is 2. The fourth-order valence-corrected chi connectivity index (χ4v) is 2.21. The highest BCUT2D eigenvalue weighted by Gasteiger charge is 2.28. The molecule has 0 radical (unpaired) electrons. The summed E-state index contributed by atoms with van der Waals surface area (Å²) in [5, 5.41) is 3.47. The van der Waals surface area contributed by atoms with Crippen molar-refractivity contribution in [3.8, 4) is 0 Å². The molecule has 0 spiro atoms. The Morgan fingerprint density at radius 2 is 2.13 bits per heavy atom. The second-order valence-corrected chi connectivity index (χ2v) is 5.74. The van der Waals surface area contributed by atoms with Crippen LogP contribution in [-0.4, -0.2) is 25.8 Å². The van der Waals surface area contributed by atoms with E-state index in [2.05, 4.69) is 33.0 Å².